The normalized spacial score (nSPS) is 15.4. The number of non-ortho nitro benzene ring substituents is 1. The number of nitro benzene ring substituents is 1. The van der Waals surface area contributed by atoms with E-state index in [1.807, 2.05) is 13.8 Å². The number of nitrogens with one attached hydrogen (secondary N) is 1. The lowest BCUT2D eigenvalue weighted by atomic mass is 9.76. The molecule has 0 aliphatic heterocycles. The maximum absolute atomic E-state index is 12.7. The van der Waals surface area contributed by atoms with Crippen LogP contribution in [0, 0.1) is 15.5 Å². The molecule has 10 heteroatoms. The zero-order valence-corrected chi connectivity index (χ0v) is 17.7. The lowest BCUT2D eigenvalue weighted by molar-refractivity contribution is -0.384. The average molecular weight is 440 g/mol. The zero-order valence-electron chi connectivity index (χ0n) is 16.9. The van der Waals surface area contributed by atoms with Crippen LogP contribution in [0.5, 0.6) is 0 Å². The lowest BCUT2D eigenvalue weighted by Crippen LogP contribution is -2.27. The van der Waals surface area contributed by atoms with Gasteiger partial charge in [0, 0.05) is 18.6 Å². The minimum atomic E-state index is -3.94. The van der Waals surface area contributed by atoms with E-state index in [1.54, 1.807) is 23.0 Å². The Kier molecular flexibility index (Phi) is 4.89. The van der Waals surface area contributed by atoms with E-state index in [-0.39, 0.29) is 27.5 Å². The Balaban J connectivity index is 1.61. The molecule has 2 aromatic carbocycles. The van der Waals surface area contributed by atoms with E-state index < -0.39 is 14.9 Å². The van der Waals surface area contributed by atoms with Crippen molar-refractivity contribution < 1.29 is 18.1 Å². The molecule has 1 N–H and O–H groups in total. The number of rotatable bonds is 5. The van der Waals surface area contributed by atoms with E-state index in [1.165, 1.54) is 30.3 Å². The molecule has 31 heavy (non-hydrogen) atoms. The van der Waals surface area contributed by atoms with Gasteiger partial charge in [0.15, 0.2) is 5.78 Å². The highest BCUT2D eigenvalue weighted by atomic mass is 32.2. The van der Waals surface area contributed by atoms with Gasteiger partial charge in [-0.3, -0.25) is 19.6 Å². The smallest absolute Gasteiger partial charge is 0.271 e. The van der Waals surface area contributed by atoms with Gasteiger partial charge in [-0.2, -0.15) is 5.10 Å². The van der Waals surface area contributed by atoms with Gasteiger partial charge in [0.25, 0.3) is 15.7 Å². The Bertz CT molecular complexity index is 1290. The molecule has 0 amide bonds. The maximum Gasteiger partial charge on any atom is 0.271 e. The standard InChI is InChI=1S/C21H20N4O5S/c1-21(2)11-19-18(20(26)12-21)13-22-24(19)15-6-8-17(9-7-15)31(29,30)23-14-4-3-5-16(10-14)25(27)28/h3-10,13,23H,11-12H2,1-2H3. The van der Waals surface area contributed by atoms with Crippen molar-refractivity contribution in [2.24, 2.45) is 5.41 Å². The number of anilines is 1. The van der Waals surface area contributed by atoms with Crippen molar-refractivity contribution in [2.75, 3.05) is 4.72 Å². The zero-order chi connectivity index (χ0) is 22.4. The molecule has 1 aliphatic rings. The summed E-state index contributed by atoms with van der Waals surface area (Å²) in [6.07, 6.45) is 2.70. The van der Waals surface area contributed by atoms with Crippen molar-refractivity contribution in [3.05, 3.63) is 76.1 Å². The molecule has 160 valence electrons. The Morgan fingerprint density at radius 3 is 2.52 bits per heavy atom. The van der Waals surface area contributed by atoms with Crippen LogP contribution in [0.2, 0.25) is 0 Å². The second kappa shape index (κ2) is 7.31. The predicted molar refractivity (Wildman–Crippen MR) is 114 cm³/mol. The molecule has 4 rings (SSSR count). The molecule has 0 fully saturated rings. The van der Waals surface area contributed by atoms with Crippen LogP contribution in [-0.4, -0.2) is 28.9 Å². The number of sulfonamides is 1. The Morgan fingerprint density at radius 1 is 1.13 bits per heavy atom. The third-order valence-electron chi connectivity index (χ3n) is 5.16. The number of nitrogens with zero attached hydrogens (tertiary/aromatic N) is 3. The molecule has 9 nitrogen and oxygen atoms in total. The van der Waals surface area contributed by atoms with Crippen LogP contribution < -0.4 is 4.72 Å². The van der Waals surface area contributed by atoms with E-state index in [0.29, 0.717) is 24.1 Å². The largest absolute Gasteiger partial charge is 0.294 e. The number of fused-ring (bicyclic) bond motifs is 1. The van der Waals surface area contributed by atoms with Gasteiger partial charge < -0.3 is 0 Å². The van der Waals surface area contributed by atoms with E-state index in [0.717, 1.165) is 11.8 Å². The summed E-state index contributed by atoms with van der Waals surface area (Å²) >= 11 is 0. The fourth-order valence-electron chi connectivity index (χ4n) is 3.71. The first-order valence-electron chi connectivity index (χ1n) is 9.54. The van der Waals surface area contributed by atoms with Crippen LogP contribution >= 0.6 is 0 Å². The van der Waals surface area contributed by atoms with E-state index in [2.05, 4.69) is 9.82 Å². The second-order valence-electron chi connectivity index (χ2n) is 8.26. The summed E-state index contributed by atoms with van der Waals surface area (Å²) in [6, 6.07) is 11.4. The molecule has 0 spiro atoms. The van der Waals surface area contributed by atoms with Crippen molar-refractivity contribution in [1.82, 2.24) is 9.78 Å². The monoisotopic (exact) mass is 440 g/mol. The number of hydrogen-bond acceptors (Lipinski definition) is 6. The summed E-state index contributed by atoms with van der Waals surface area (Å²) in [4.78, 5) is 22.7. The molecule has 0 bridgehead atoms. The molecule has 0 saturated carbocycles. The summed E-state index contributed by atoms with van der Waals surface area (Å²) in [5, 5.41) is 15.2. The summed E-state index contributed by atoms with van der Waals surface area (Å²) in [6.45, 7) is 4.06. The van der Waals surface area contributed by atoms with Gasteiger partial charge in [0.2, 0.25) is 0 Å². The highest BCUT2D eigenvalue weighted by molar-refractivity contribution is 7.92. The first-order chi connectivity index (χ1) is 14.6. The SMILES string of the molecule is CC1(C)CC(=O)c2cnn(-c3ccc(S(=O)(=O)Nc4cccc([N+](=O)[O-])c4)cc3)c2C1. The topological polar surface area (TPSA) is 124 Å². The van der Waals surface area contributed by atoms with Crippen LogP contribution in [0.4, 0.5) is 11.4 Å². The fraction of sp³-hybridized carbons (Fsp3) is 0.238. The second-order valence-corrected chi connectivity index (χ2v) is 9.95. The minimum absolute atomic E-state index is 0.000172. The van der Waals surface area contributed by atoms with Crippen molar-refractivity contribution in [3.63, 3.8) is 0 Å². The number of ketones is 1. The van der Waals surface area contributed by atoms with Gasteiger partial charge in [-0.1, -0.05) is 19.9 Å². The van der Waals surface area contributed by atoms with E-state index in [9.17, 15) is 23.3 Å². The lowest BCUT2D eigenvalue weighted by Gasteiger charge is -2.28. The number of hydrogen-bond donors (Lipinski definition) is 1. The number of aromatic nitrogens is 2. The highest BCUT2D eigenvalue weighted by Crippen LogP contribution is 2.35. The Labute approximate surface area is 178 Å². The molecule has 1 aromatic heterocycles. The van der Waals surface area contributed by atoms with Crippen molar-refractivity contribution >= 4 is 27.2 Å². The van der Waals surface area contributed by atoms with Gasteiger partial charge in [-0.05, 0) is 42.2 Å². The molecule has 0 atom stereocenters. The van der Waals surface area contributed by atoms with Gasteiger partial charge in [0.05, 0.1) is 38.6 Å². The number of Topliss-reactive ketones (excluding diaryl/α,β-unsaturated/α-hetero) is 1. The minimum Gasteiger partial charge on any atom is -0.294 e. The number of carbonyl (C=O) groups is 1. The van der Waals surface area contributed by atoms with Crippen LogP contribution in [-0.2, 0) is 16.4 Å². The molecule has 3 aromatic rings. The number of nitro groups is 1. The quantitative estimate of drug-likeness (QED) is 0.476. The van der Waals surface area contributed by atoms with Gasteiger partial charge >= 0.3 is 0 Å². The van der Waals surface area contributed by atoms with Crippen molar-refractivity contribution in [3.8, 4) is 5.69 Å². The third-order valence-corrected chi connectivity index (χ3v) is 6.55. The molecule has 0 unspecified atom stereocenters. The summed E-state index contributed by atoms with van der Waals surface area (Å²) in [5.41, 5.74) is 1.76. The first kappa shape index (κ1) is 20.7. The summed E-state index contributed by atoms with van der Waals surface area (Å²) in [7, 11) is -3.94. The van der Waals surface area contributed by atoms with Gasteiger partial charge in [-0.25, -0.2) is 13.1 Å². The molecular weight excluding hydrogens is 420 g/mol. The molecule has 1 aliphatic carbocycles. The molecule has 0 saturated heterocycles. The molecule has 0 radical (unpaired) electrons. The van der Waals surface area contributed by atoms with Gasteiger partial charge in [-0.15, -0.1) is 0 Å². The van der Waals surface area contributed by atoms with Gasteiger partial charge in [0.1, 0.15) is 0 Å². The third kappa shape index (κ3) is 4.06. The predicted octanol–water partition coefficient (Wildman–Crippen LogP) is 3.74. The van der Waals surface area contributed by atoms with Crippen molar-refractivity contribution in [2.45, 2.75) is 31.6 Å². The Morgan fingerprint density at radius 2 is 1.84 bits per heavy atom. The number of carbonyl (C=O) groups excluding carboxylic acids is 1. The van der Waals surface area contributed by atoms with Crippen LogP contribution in [0.3, 0.4) is 0 Å². The summed E-state index contributed by atoms with van der Waals surface area (Å²) < 4.78 is 29.4. The first-order valence-corrected chi connectivity index (χ1v) is 11.0. The number of benzene rings is 2. The molecular formula is C21H20N4O5S. The van der Waals surface area contributed by atoms with Crippen LogP contribution in [0.15, 0.2) is 59.6 Å². The van der Waals surface area contributed by atoms with E-state index in [4.69, 9.17) is 0 Å². The fourth-order valence-corrected chi connectivity index (χ4v) is 4.76. The highest BCUT2D eigenvalue weighted by Gasteiger charge is 2.34. The molecule has 1 heterocycles. The average Bonchev–Trinajstić information content (AvgIpc) is 3.11. The Hall–Kier alpha value is -3.53. The van der Waals surface area contributed by atoms with Crippen LogP contribution in [0.1, 0.15) is 36.3 Å². The summed E-state index contributed by atoms with van der Waals surface area (Å²) in [5.74, 6) is 0.0536. The van der Waals surface area contributed by atoms with Crippen molar-refractivity contribution in [1.29, 1.82) is 0 Å². The maximum atomic E-state index is 12.7. The van der Waals surface area contributed by atoms with E-state index >= 15 is 0 Å². The van der Waals surface area contributed by atoms with Crippen LogP contribution in [0.25, 0.3) is 5.69 Å².